The fourth-order valence-corrected chi connectivity index (χ4v) is 3.53. The fourth-order valence-electron chi connectivity index (χ4n) is 3.53. The van der Waals surface area contributed by atoms with Crippen molar-refractivity contribution in [3.8, 4) is 11.4 Å². The standard InChI is InChI=1S/C23H25FN4O2/c1-3-17-5-8-18(9-6-17)22-25-21(30-26-22)15-27-10-12-28(13-11-27)23(29)19-7-4-16(2)20(24)14-19/h4-9,14H,3,10-13,15H2,1-2H3. The van der Waals surface area contributed by atoms with Crippen LogP contribution in [0.25, 0.3) is 11.4 Å². The predicted octanol–water partition coefficient (Wildman–Crippen LogP) is 3.70. The summed E-state index contributed by atoms with van der Waals surface area (Å²) in [5.41, 5.74) is 3.13. The Bertz CT molecular complexity index is 1020. The molecule has 1 aliphatic heterocycles. The normalized spacial score (nSPS) is 14.8. The first-order chi connectivity index (χ1) is 14.5. The second kappa shape index (κ2) is 8.75. The minimum absolute atomic E-state index is 0.135. The van der Waals surface area contributed by atoms with Gasteiger partial charge in [-0.3, -0.25) is 9.69 Å². The van der Waals surface area contributed by atoms with Gasteiger partial charge >= 0.3 is 0 Å². The first-order valence-corrected chi connectivity index (χ1v) is 10.2. The number of piperazine rings is 1. The number of carbonyl (C=O) groups excluding carboxylic acids is 1. The van der Waals surface area contributed by atoms with Crippen molar-refractivity contribution in [1.29, 1.82) is 0 Å². The number of hydrogen-bond acceptors (Lipinski definition) is 5. The Morgan fingerprint density at radius 3 is 2.50 bits per heavy atom. The van der Waals surface area contributed by atoms with E-state index in [1.807, 2.05) is 12.1 Å². The molecule has 2 heterocycles. The zero-order valence-corrected chi connectivity index (χ0v) is 17.3. The van der Waals surface area contributed by atoms with Gasteiger partial charge in [-0.1, -0.05) is 42.4 Å². The van der Waals surface area contributed by atoms with Gasteiger partial charge in [0.25, 0.3) is 5.91 Å². The highest BCUT2D eigenvalue weighted by atomic mass is 19.1. The number of amides is 1. The minimum atomic E-state index is -0.351. The van der Waals surface area contributed by atoms with Crippen molar-refractivity contribution in [2.75, 3.05) is 26.2 Å². The van der Waals surface area contributed by atoms with E-state index in [9.17, 15) is 9.18 Å². The van der Waals surface area contributed by atoms with Gasteiger partial charge in [0.1, 0.15) is 5.82 Å². The van der Waals surface area contributed by atoms with Gasteiger partial charge in [0.15, 0.2) is 0 Å². The van der Waals surface area contributed by atoms with Gasteiger partial charge in [-0.2, -0.15) is 4.98 Å². The maximum absolute atomic E-state index is 13.8. The molecule has 0 aliphatic carbocycles. The number of carbonyl (C=O) groups is 1. The van der Waals surface area contributed by atoms with Crippen LogP contribution in [0.1, 0.15) is 34.3 Å². The summed E-state index contributed by atoms with van der Waals surface area (Å²) in [5, 5.41) is 4.09. The van der Waals surface area contributed by atoms with Crippen LogP contribution in [-0.4, -0.2) is 52.0 Å². The third kappa shape index (κ3) is 4.41. The molecule has 0 N–H and O–H groups in total. The van der Waals surface area contributed by atoms with Gasteiger partial charge < -0.3 is 9.42 Å². The van der Waals surface area contributed by atoms with Gasteiger partial charge in [-0.05, 0) is 36.6 Å². The molecule has 7 heteroatoms. The Labute approximate surface area is 175 Å². The molecule has 1 saturated heterocycles. The minimum Gasteiger partial charge on any atom is -0.338 e. The molecule has 0 spiro atoms. The highest BCUT2D eigenvalue weighted by molar-refractivity contribution is 5.94. The Morgan fingerprint density at radius 1 is 1.10 bits per heavy atom. The van der Waals surface area contributed by atoms with Crippen LogP contribution in [0, 0.1) is 12.7 Å². The van der Waals surface area contributed by atoms with Crippen molar-refractivity contribution in [2.45, 2.75) is 26.8 Å². The zero-order chi connectivity index (χ0) is 21.1. The highest BCUT2D eigenvalue weighted by Crippen LogP contribution is 2.18. The van der Waals surface area contributed by atoms with Crippen molar-refractivity contribution in [2.24, 2.45) is 0 Å². The molecule has 30 heavy (non-hydrogen) atoms. The lowest BCUT2D eigenvalue weighted by Crippen LogP contribution is -2.48. The van der Waals surface area contributed by atoms with E-state index in [1.54, 1.807) is 24.0 Å². The summed E-state index contributed by atoms with van der Waals surface area (Å²) in [7, 11) is 0. The van der Waals surface area contributed by atoms with Crippen molar-refractivity contribution in [1.82, 2.24) is 19.9 Å². The van der Waals surface area contributed by atoms with E-state index in [2.05, 4.69) is 34.1 Å². The van der Waals surface area contributed by atoms with Crippen molar-refractivity contribution < 1.29 is 13.7 Å². The summed E-state index contributed by atoms with van der Waals surface area (Å²) in [4.78, 5) is 21.1. The Hall–Kier alpha value is -3.06. The first kappa shape index (κ1) is 20.2. The molecule has 0 saturated carbocycles. The highest BCUT2D eigenvalue weighted by Gasteiger charge is 2.24. The molecule has 1 fully saturated rings. The van der Waals surface area contributed by atoms with Crippen molar-refractivity contribution >= 4 is 5.91 Å². The molecule has 1 aromatic heterocycles. The molecular weight excluding hydrogens is 383 g/mol. The number of rotatable bonds is 5. The lowest BCUT2D eigenvalue weighted by atomic mass is 10.1. The molecule has 0 radical (unpaired) electrons. The number of nitrogens with zero attached hydrogens (tertiary/aromatic N) is 4. The molecule has 4 rings (SSSR count). The lowest BCUT2D eigenvalue weighted by molar-refractivity contribution is 0.0614. The SMILES string of the molecule is CCc1ccc(-c2noc(CN3CCN(C(=O)c4ccc(C)c(F)c4)CC3)n2)cc1. The lowest BCUT2D eigenvalue weighted by Gasteiger charge is -2.34. The summed E-state index contributed by atoms with van der Waals surface area (Å²) in [6, 6.07) is 12.8. The number of aromatic nitrogens is 2. The zero-order valence-electron chi connectivity index (χ0n) is 17.3. The second-order valence-corrected chi connectivity index (χ2v) is 7.59. The van der Waals surface area contributed by atoms with Crippen molar-refractivity contribution in [3.63, 3.8) is 0 Å². The molecule has 156 valence electrons. The van der Waals surface area contributed by atoms with E-state index in [1.165, 1.54) is 11.6 Å². The maximum atomic E-state index is 13.8. The number of benzene rings is 2. The smallest absolute Gasteiger partial charge is 0.254 e. The van der Waals surface area contributed by atoms with Gasteiger partial charge in [0.05, 0.1) is 6.54 Å². The number of halogens is 1. The van der Waals surface area contributed by atoms with E-state index >= 15 is 0 Å². The summed E-state index contributed by atoms with van der Waals surface area (Å²) in [6.07, 6.45) is 0.991. The number of aryl methyl sites for hydroxylation is 2. The summed E-state index contributed by atoms with van der Waals surface area (Å²) in [5.74, 6) is 0.660. The number of hydrogen-bond donors (Lipinski definition) is 0. The molecule has 1 amide bonds. The van der Waals surface area contributed by atoms with E-state index in [0.717, 1.165) is 12.0 Å². The predicted molar refractivity (Wildman–Crippen MR) is 111 cm³/mol. The van der Waals surface area contributed by atoms with Crippen LogP contribution in [0.15, 0.2) is 47.0 Å². The molecule has 6 nitrogen and oxygen atoms in total. The Kier molecular flexibility index (Phi) is 5.90. The molecule has 0 bridgehead atoms. The molecule has 2 aromatic carbocycles. The van der Waals surface area contributed by atoms with Crippen molar-refractivity contribution in [3.05, 3.63) is 70.9 Å². The topological polar surface area (TPSA) is 62.5 Å². The van der Waals surface area contributed by atoms with E-state index in [0.29, 0.717) is 55.6 Å². The van der Waals surface area contributed by atoms with Crippen LogP contribution in [0.2, 0.25) is 0 Å². The third-order valence-electron chi connectivity index (χ3n) is 5.53. The molecule has 0 atom stereocenters. The van der Waals surface area contributed by atoms with Gasteiger partial charge in [0, 0.05) is 37.3 Å². The molecule has 3 aromatic rings. The van der Waals surface area contributed by atoms with E-state index < -0.39 is 0 Å². The van der Waals surface area contributed by atoms with Crippen LogP contribution in [-0.2, 0) is 13.0 Å². The monoisotopic (exact) mass is 408 g/mol. The fraction of sp³-hybridized carbons (Fsp3) is 0.348. The van der Waals surface area contributed by atoms with Crippen LogP contribution in [0.4, 0.5) is 4.39 Å². The molecule has 0 unspecified atom stereocenters. The molecular formula is C23H25FN4O2. The largest absolute Gasteiger partial charge is 0.338 e. The van der Waals surface area contributed by atoms with Gasteiger partial charge in [-0.15, -0.1) is 0 Å². The average molecular weight is 408 g/mol. The molecule has 1 aliphatic rings. The van der Waals surface area contributed by atoms with E-state index in [4.69, 9.17) is 4.52 Å². The summed E-state index contributed by atoms with van der Waals surface area (Å²) < 4.78 is 19.2. The summed E-state index contributed by atoms with van der Waals surface area (Å²) >= 11 is 0. The van der Waals surface area contributed by atoms with Crippen LogP contribution >= 0.6 is 0 Å². The van der Waals surface area contributed by atoms with Crippen LogP contribution < -0.4 is 0 Å². The average Bonchev–Trinajstić information content (AvgIpc) is 3.24. The van der Waals surface area contributed by atoms with Crippen LogP contribution in [0.5, 0.6) is 0 Å². The Balaban J connectivity index is 1.33. The van der Waals surface area contributed by atoms with Crippen LogP contribution in [0.3, 0.4) is 0 Å². The van der Waals surface area contributed by atoms with Gasteiger partial charge in [-0.25, -0.2) is 4.39 Å². The second-order valence-electron chi connectivity index (χ2n) is 7.59. The quantitative estimate of drug-likeness (QED) is 0.644. The maximum Gasteiger partial charge on any atom is 0.254 e. The van der Waals surface area contributed by atoms with Gasteiger partial charge in [0.2, 0.25) is 11.7 Å². The third-order valence-corrected chi connectivity index (χ3v) is 5.53. The Morgan fingerprint density at radius 2 is 1.83 bits per heavy atom. The summed E-state index contributed by atoms with van der Waals surface area (Å²) in [6.45, 7) is 6.90. The van der Waals surface area contributed by atoms with E-state index in [-0.39, 0.29) is 11.7 Å². The first-order valence-electron chi connectivity index (χ1n) is 10.2.